The molecule has 156 valence electrons. The van der Waals surface area contributed by atoms with Crippen LogP contribution in [0.4, 0.5) is 13.2 Å². The van der Waals surface area contributed by atoms with Crippen molar-refractivity contribution < 1.29 is 27.4 Å². The Labute approximate surface area is 166 Å². The number of halogens is 3. The lowest BCUT2D eigenvalue weighted by atomic mass is 10.2. The van der Waals surface area contributed by atoms with Crippen LogP contribution in [-0.4, -0.2) is 32.1 Å². The first-order valence-corrected chi connectivity index (χ1v) is 9.12. The molecule has 6 nitrogen and oxygen atoms in total. The molecular formula is C20H22F3N3O3. The maximum atomic E-state index is 12.3. The van der Waals surface area contributed by atoms with E-state index in [0.717, 1.165) is 16.9 Å². The van der Waals surface area contributed by atoms with Crippen molar-refractivity contribution in [2.24, 2.45) is 4.99 Å². The molecule has 29 heavy (non-hydrogen) atoms. The van der Waals surface area contributed by atoms with Gasteiger partial charge in [0.05, 0.1) is 6.54 Å². The summed E-state index contributed by atoms with van der Waals surface area (Å²) in [6, 6.07) is 12.2. The monoisotopic (exact) mass is 409 g/mol. The zero-order chi connectivity index (χ0) is 20.7. The van der Waals surface area contributed by atoms with Crippen molar-refractivity contribution in [1.29, 1.82) is 0 Å². The van der Waals surface area contributed by atoms with Crippen molar-refractivity contribution in [2.75, 3.05) is 19.9 Å². The molecule has 0 fully saturated rings. The van der Waals surface area contributed by atoms with E-state index < -0.39 is 12.8 Å². The number of rotatable bonds is 7. The van der Waals surface area contributed by atoms with Crippen LogP contribution in [0.3, 0.4) is 0 Å². The molecular weight excluding hydrogens is 387 g/mol. The van der Waals surface area contributed by atoms with Gasteiger partial charge in [-0.25, -0.2) is 4.99 Å². The Balaban J connectivity index is 1.59. The molecule has 9 heteroatoms. The van der Waals surface area contributed by atoms with Crippen LogP contribution in [0.15, 0.2) is 47.5 Å². The highest BCUT2D eigenvalue weighted by Gasteiger charge is 2.28. The number of fused-ring (bicyclic) bond motifs is 1. The van der Waals surface area contributed by atoms with Crippen LogP contribution < -0.4 is 24.8 Å². The van der Waals surface area contributed by atoms with Crippen molar-refractivity contribution >= 4 is 5.96 Å². The average Bonchev–Trinajstić information content (AvgIpc) is 3.16. The fraction of sp³-hybridized carbons (Fsp3) is 0.350. The number of nitrogens with zero attached hydrogens (tertiary/aromatic N) is 1. The van der Waals surface area contributed by atoms with E-state index in [1.807, 2.05) is 25.1 Å². The average molecular weight is 409 g/mol. The first-order chi connectivity index (χ1) is 13.9. The summed E-state index contributed by atoms with van der Waals surface area (Å²) in [4.78, 5) is 4.48. The van der Waals surface area contributed by atoms with E-state index >= 15 is 0 Å². The quantitative estimate of drug-likeness (QED) is 0.540. The Morgan fingerprint density at radius 3 is 2.69 bits per heavy atom. The number of hydrogen-bond acceptors (Lipinski definition) is 4. The van der Waals surface area contributed by atoms with E-state index in [1.165, 1.54) is 6.07 Å². The molecule has 1 aliphatic rings. The number of aliphatic imine (C=N–C) groups is 1. The third-order valence-electron chi connectivity index (χ3n) is 3.96. The van der Waals surface area contributed by atoms with Gasteiger partial charge < -0.3 is 24.8 Å². The summed E-state index contributed by atoms with van der Waals surface area (Å²) in [5.41, 5.74) is 1.74. The highest BCUT2D eigenvalue weighted by atomic mass is 19.4. The van der Waals surface area contributed by atoms with Gasteiger partial charge in [-0.3, -0.25) is 0 Å². The van der Waals surface area contributed by atoms with Crippen LogP contribution in [0, 0.1) is 0 Å². The minimum absolute atomic E-state index is 0.161. The molecule has 0 radical (unpaired) electrons. The van der Waals surface area contributed by atoms with Gasteiger partial charge in [0.15, 0.2) is 24.1 Å². The minimum Gasteiger partial charge on any atom is -0.484 e. The molecule has 0 aliphatic carbocycles. The molecule has 2 N–H and O–H groups in total. The Morgan fingerprint density at radius 2 is 1.90 bits per heavy atom. The minimum atomic E-state index is -4.37. The Bertz CT molecular complexity index is 856. The number of guanidine groups is 1. The van der Waals surface area contributed by atoms with Gasteiger partial charge in [0, 0.05) is 13.1 Å². The number of alkyl halides is 3. The van der Waals surface area contributed by atoms with E-state index in [9.17, 15) is 13.2 Å². The molecule has 0 spiro atoms. The van der Waals surface area contributed by atoms with Gasteiger partial charge in [-0.1, -0.05) is 18.2 Å². The van der Waals surface area contributed by atoms with Crippen LogP contribution in [0.25, 0.3) is 0 Å². The first kappa shape index (κ1) is 20.6. The third-order valence-corrected chi connectivity index (χ3v) is 3.96. The fourth-order valence-electron chi connectivity index (χ4n) is 2.65. The van der Waals surface area contributed by atoms with Gasteiger partial charge in [-0.2, -0.15) is 13.2 Å². The van der Waals surface area contributed by atoms with Gasteiger partial charge >= 0.3 is 6.18 Å². The van der Waals surface area contributed by atoms with Gasteiger partial charge in [0.25, 0.3) is 0 Å². The van der Waals surface area contributed by atoms with Crippen molar-refractivity contribution in [2.45, 2.75) is 26.2 Å². The van der Waals surface area contributed by atoms with Gasteiger partial charge in [0.1, 0.15) is 5.75 Å². The van der Waals surface area contributed by atoms with Crippen LogP contribution in [0.5, 0.6) is 17.2 Å². The normalized spacial score (nSPS) is 13.3. The molecule has 0 bridgehead atoms. The van der Waals surface area contributed by atoms with E-state index in [-0.39, 0.29) is 12.5 Å². The molecule has 0 saturated carbocycles. The fourth-order valence-corrected chi connectivity index (χ4v) is 2.65. The number of hydrogen-bond donors (Lipinski definition) is 2. The lowest BCUT2D eigenvalue weighted by Crippen LogP contribution is -2.36. The summed E-state index contributed by atoms with van der Waals surface area (Å²) in [5, 5.41) is 6.36. The van der Waals surface area contributed by atoms with E-state index in [4.69, 9.17) is 14.2 Å². The van der Waals surface area contributed by atoms with Gasteiger partial charge in [-0.15, -0.1) is 0 Å². The van der Waals surface area contributed by atoms with Gasteiger partial charge in [0.2, 0.25) is 6.79 Å². The number of benzene rings is 2. The van der Waals surface area contributed by atoms with Gasteiger partial charge in [-0.05, 0) is 42.3 Å². The second-order valence-electron chi connectivity index (χ2n) is 6.29. The summed E-state index contributed by atoms with van der Waals surface area (Å²) < 4.78 is 52.4. The second-order valence-corrected chi connectivity index (χ2v) is 6.29. The van der Waals surface area contributed by atoms with Crippen molar-refractivity contribution in [3.63, 3.8) is 0 Å². The molecule has 1 heterocycles. The van der Waals surface area contributed by atoms with Crippen LogP contribution in [-0.2, 0) is 13.1 Å². The Morgan fingerprint density at radius 1 is 1.07 bits per heavy atom. The SMILES string of the molecule is CCNC(=NCc1cccc(OCC(F)(F)F)c1)NCc1ccc2c(c1)OCO2. The lowest BCUT2D eigenvalue weighted by molar-refractivity contribution is -0.153. The predicted octanol–water partition coefficient (Wildman–Crippen LogP) is 3.61. The maximum absolute atomic E-state index is 12.3. The lowest BCUT2D eigenvalue weighted by Gasteiger charge is -2.12. The molecule has 3 rings (SSSR count). The molecule has 0 saturated heterocycles. The van der Waals surface area contributed by atoms with Crippen LogP contribution >= 0.6 is 0 Å². The molecule has 1 aliphatic heterocycles. The second kappa shape index (κ2) is 9.40. The molecule has 0 atom stereocenters. The Hall–Kier alpha value is -3.10. The van der Waals surface area contributed by atoms with Crippen LogP contribution in [0.2, 0.25) is 0 Å². The highest BCUT2D eigenvalue weighted by molar-refractivity contribution is 5.79. The summed E-state index contributed by atoms with van der Waals surface area (Å²) in [6.45, 7) is 2.34. The maximum Gasteiger partial charge on any atom is 0.422 e. The Kier molecular flexibility index (Phi) is 6.69. The standard InChI is InChI=1S/C20H22F3N3O3/c1-2-24-19(26-11-15-6-7-17-18(9-15)29-13-28-17)25-10-14-4-3-5-16(8-14)27-12-20(21,22)23/h3-9H,2,10-13H2,1H3,(H2,24,25,26). The first-order valence-electron chi connectivity index (χ1n) is 9.12. The van der Waals surface area contributed by atoms with E-state index in [1.54, 1.807) is 18.2 Å². The van der Waals surface area contributed by atoms with E-state index in [0.29, 0.717) is 31.3 Å². The third kappa shape index (κ3) is 6.48. The summed E-state index contributed by atoms with van der Waals surface area (Å²) >= 11 is 0. The predicted molar refractivity (Wildman–Crippen MR) is 102 cm³/mol. The molecule has 0 amide bonds. The number of ether oxygens (including phenoxy) is 3. The zero-order valence-corrected chi connectivity index (χ0v) is 15.9. The summed E-state index contributed by atoms with van der Waals surface area (Å²) in [6.07, 6.45) is -4.37. The smallest absolute Gasteiger partial charge is 0.422 e. The van der Waals surface area contributed by atoms with E-state index in [2.05, 4.69) is 15.6 Å². The molecule has 2 aromatic carbocycles. The largest absolute Gasteiger partial charge is 0.484 e. The number of nitrogens with one attached hydrogen (secondary N) is 2. The van der Waals surface area contributed by atoms with Crippen molar-refractivity contribution in [3.05, 3.63) is 53.6 Å². The van der Waals surface area contributed by atoms with Crippen molar-refractivity contribution in [1.82, 2.24) is 10.6 Å². The molecule has 0 aromatic heterocycles. The van der Waals surface area contributed by atoms with Crippen LogP contribution in [0.1, 0.15) is 18.1 Å². The topological polar surface area (TPSA) is 64.1 Å². The highest BCUT2D eigenvalue weighted by Crippen LogP contribution is 2.32. The summed E-state index contributed by atoms with van der Waals surface area (Å²) in [5.74, 6) is 2.18. The molecule has 2 aromatic rings. The molecule has 0 unspecified atom stereocenters. The van der Waals surface area contributed by atoms with Crippen molar-refractivity contribution in [3.8, 4) is 17.2 Å². The summed E-state index contributed by atoms with van der Waals surface area (Å²) in [7, 11) is 0. The zero-order valence-electron chi connectivity index (χ0n) is 15.9.